The minimum Gasteiger partial charge on any atom is -0.504 e. The number of carboxylic acids is 1. The molecular formula is C4H6O3. The molecule has 0 rings (SSSR count). The van der Waals surface area contributed by atoms with Crippen molar-refractivity contribution in [3.63, 3.8) is 0 Å². The Morgan fingerprint density at radius 1 is 1.86 bits per heavy atom. The summed E-state index contributed by atoms with van der Waals surface area (Å²) >= 11 is 0. The second-order valence-corrected chi connectivity index (χ2v) is 0.877. The molecule has 0 spiro atoms. The first kappa shape index (κ1) is 6.01. The molecule has 0 aromatic rings. The molecule has 3 heteroatoms. The standard InChI is InChI=1S/C4H6O3/c1-7-3-2-4(5)6/h2-3H,1H3,(H,5,6)/b3-2-. The molecule has 0 amide bonds. The molecule has 0 aliphatic heterocycles. The summed E-state index contributed by atoms with van der Waals surface area (Å²) in [6, 6.07) is 0. The SMILES string of the molecule is CO/C=C\C(=O)O. The minimum absolute atomic E-state index is 0.917. The van der Waals surface area contributed by atoms with E-state index in [0.29, 0.717) is 0 Å². The van der Waals surface area contributed by atoms with Crippen molar-refractivity contribution in [3.8, 4) is 0 Å². The van der Waals surface area contributed by atoms with Crippen LogP contribution in [0.1, 0.15) is 0 Å². The van der Waals surface area contributed by atoms with Crippen LogP contribution in [0.5, 0.6) is 0 Å². The van der Waals surface area contributed by atoms with Gasteiger partial charge in [0.05, 0.1) is 19.4 Å². The minimum atomic E-state index is -0.998. The molecule has 0 saturated carbocycles. The van der Waals surface area contributed by atoms with Gasteiger partial charge in [-0.05, 0) is 0 Å². The molecule has 1 N–H and O–H groups in total. The predicted molar refractivity (Wildman–Crippen MR) is 23.8 cm³/mol. The maximum Gasteiger partial charge on any atom is 0.331 e. The Morgan fingerprint density at radius 3 is 2.57 bits per heavy atom. The summed E-state index contributed by atoms with van der Waals surface area (Å²) in [5, 5.41) is 7.88. The number of rotatable bonds is 2. The zero-order valence-corrected chi connectivity index (χ0v) is 3.92. The molecule has 0 atom stereocenters. The Labute approximate surface area is 41.2 Å². The summed E-state index contributed by atoms with van der Waals surface area (Å²) in [5.41, 5.74) is 0. The highest BCUT2D eigenvalue weighted by molar-refractivity contribution is 5.79. The van der Waals surface area contributed by atoms with Crippen LogP contribution in [0.3, 0.4) is 0 Å². The van der Waals surface area contributed by atoms with E-state index in [9.17, 15) is 4.79 Å². The van der Waals surface area contributed by atoms with Gasteiger partial charge in [-0.15, -0.1) is 0 Å². The number of hydrogen-bond acceptors (Lipinski definition) is 2. The Hall–Kier alpha value is -0.990. The van der Waals surface area contributed by atoms with Crippen molar-refractivity contribution in [1.29, 1.82) is 0 Å². The van der Waals surface area contributed by atoms with Gasteiger partial charge in [0.25, 0.3) is 0 Å². The average molecular weight is 102 g/mol. The molecular weight excluding hydrogens is 96.0 g/mol. The van der Waals surface area contributed by atoms with E-state index in [1.807, 2.05) is 0 Å². The average Bonchev–Trinajstić information content (AvgIpc) is 1.61. The van der Waals surface area contributed by atoms with Crippen molar-refractivity contribution in [2.75, 3.05) is 7.11 Å². The summed E-state index contributed by atoms with van der Waals surface area (Å²) in [5.74, 6) is -0.998. The van der Waals surface area contributed by atoms with Gasteiger partial charge in [0.2, 0.25) is 0 Å². The molecule has 0 unspecified atom stereocenters. The maximum atomic E-state index is 9.59. The van der Waals surface area contributed by atoms with Crippen LogP contribution in [0, 0.1) is 0 Å². The summed E-state index contributed by atoms with van der Waals surface area (Å²) in [7, 11) is 1.39. The molecule has 0 saturated heterocycles. The highest BCUT2D eigenvalue weighted by Crippen LogP contribution is 1.69. The van der Waals surface area contributed by atoms with Gasteiger partial charge < -0.3 is 9.84 Å². The summed E-state index contributed by atoms with van der Waals surface area (Å²) in [4.78, 5) is 9.59. The van der Waals surface area contributed by atoms with Gasteiger partial charge in [0.1, 0.15) is 0 Å². The van der Waals surface area contributed by atoms with Gasteiger partial charge in [-0.25, -0.2) is 4.79 Å². The van der Waals surface area contributed by atoms with Crippen LogP contribution in [0.25, 0.3) is 0 Å². The van der Waals surface area contributed by atoms with Crippen LogP contribution in [0.2, 0.25) is 0 Å². The van der Waals surface area contributed by atoms with Crippen LogP contribution >= 0.6 is 0 Å². The fourth-order valence-corrected chi connectivity index (χ4v) is 0.126. The van der Waals surface area contributed by atoms with E-state index in [-0.39, 0.29) is 0 Å². The van der Waals surface area contributed by atoms with E-state index in [1.165, 1.54) is 7.11 Å². The van der Waals surface area contributed by atoms with Crippen molar-refractivity contribution in [1.82, 2.24) is 0 Å². The molecule has 0 heterocycles. The third kappa shape index (κ3) is 5.01. The van der Waals surface area contributed by atoms with Gasteiger partial charge in [-0.2, -0.15) is 0 Å². The summed E-state index contributed by atoms with van der Waals surface area (Å²) in [6.45, 7) is 0. The van der Waals surface area contributed by atoms with Gasteiger partial charge in [-0.3, -0.25) is 0 Å². The van der Waals surface area contributed by atoms with Crippen LogP contribution in [-0.2, 0) is 9.53 Å². The zero-order valence-electron chi connectivity index (χ0n) is 3.92. The third-order valence-electron chi connectivity index (χ3n) is 0.347. The van der Waals surface area contributed by atoms with Gasteiger partial charge in [-0.1, -0.05) is 0 Å². The lowest BCUT2D eigenvalue weighted by molar-refractivity contribution is -0.131. The van der Waals surface area contributed by atoms with E-state index >= 15 is 0 Å². The molecule has 0 bridgehead atoms. The van der Waals surface area contributed by atoms with E-state index < -0.39 is 5.97 Å². The fourth-order valence-electron chi connectivity index (χ4n) is 0.126. The lowest BCUT2D eigenvalue weighted by Crippen LogP contribution is -1.85. The van der Waals surface area contributed by atoms with Crippen molar-refractivity contribution in [2.24, 2.45) is 0 Å². The second-order valence-electron chi connectivity index (χ2n) is 0.877. The Morgan fingerprint density at radius 2 is 2.43 bits per heavy atom. The molecule has 7 heavy (non-hydrogen) atoms. The molecule has 3 nitrogen and oxygen atoms in total. The topological polar surface area (TPSA) is 46.5 Å². The van der Waals surface area contributed by atoms with Crippen LogP contribution in [0.4, 0.5) is 0 Å². The van der Waals surface area contributed by atoms with Crippen LogP contribution in [-0.4, -0.2) is 18.2 Å². The quantitative estimate of drug-likeness (QED) is 0.401. The maximum absolute atomic E-state index is 9.59. The molecule has 0 aromatic carbocycles. The Bertz CT molecular complexity index is 84.9. The van der Waals surface area contributed by atoms with Gasteiger partial charge >= 0.3 is 5.97 Å². The first-order valence-electron chi connectivity index (χ1n) is 1.69. The van der Waals surface area contributed by atoms with Crippen molar-refractivity contribution < 1.29 is 14.6 Å². The highest BCUT2D eigenvalue weighted by atomic mass is 16.5. The number of ether oxygens (including phenoxy) is 1. The number of carbonyl (C=O) groups is 1. The lowest BCUT2D eigenvalue weighted by atomic mass is 10.7. The first-order chi connectivity index (χ1) is 3.27. The normalized spacial score (nSPS) is 9.29. The predicted octanol–water partition coefficient (Wildman–Crippen LogP) is 0.231. The molecule has 0 aromatic heterocycles. The van der Waals surface area contributed by atoms with E-state index in [1.54, 1.807) is 0 Å². The highest BCUT2D eigenvalue weighted by Gasteiger charge is 1.80. The van der Waals surface area contributed by atoms with Crippen LogP contribution < -0.4 is 0 Å². The van der Waals surface area contributed by atoms with E-state index in [2.05, 4.69) is 4.74 Å². The Balaban J connectivity index is 3.26. The van der Waals surface area contributed by atoms with Crippen molar-refractivity contribution in [3.05, 3.63) is 12.3 Å². The lowest BCUT2D eigenvalue weighted by Gasteiger charge is -1.79. The van der Waals surface area contributed by atoms with Gasteiger partial charge in [0, 0.05) is 0 Å². The molecule has 0 aliphatic carbocycles. The molecule has 40 valence electrons. The van der Waals surface area contributed by atoms with E-state index in [0.717, 1.165) is 12.3 Å². The van der Waals surface area contributed by atoms with Crippen molar-refractivity contribution in [2.45, 2.75) is 0 Å². The monoisotopic (exact) mass is 102 g/mol. The third-order valence-corrected chi connectivity index (χ3v) is 0.347. The number of methoxy groups -OCH3 is 1. The summed E-state index contributed by atoms with van der Waals surface area (Å²) < 4.78 is 4.29. The molecule has 0 radical (unpaired) electrons. The van der Waals surface area contributed by atoms with Crippen LogP contribution in [0.15, 0.2) is 12.3 Å². The summed E-state index contributed by atoms with van der Waals surface area (Å²) in [6.07, 6.45) is 2.02. The molecule has 0 aliphatic rings. The fraction of sp³-hybridized carbons (Fsp3) is 0.250. The Kier molecular flexibility index (Phi) is 2.76. The number of carboxylic acid groups (broad SMARTS) is 1. The van der Waals surface area contributed by atoms with Crippen molar-refractivity contribution >= 4 is 5.97 Å². The van der Waals surface area contributed by atoms with E-state index in [4.69, 9.17) is 5.11 Å². The number of hydrogen-bond donors (Lipinski definition) is 1. The number of aliphatic carboxylic acids is 1. The second kappa shape index (κ2) is 3.21. The first-order valence-corrected chi connectivity index (χ1v) is 1.69. The van der Waals surface area contributed by atoms with Gasteiger partial charge in [0.15, 0.2) is 0 Å². The largest absolute Gasteiger partial charge is 0.504 e. The smallest absolute Gasteiger partial charge is 0.331 e. The molecule has 0 fully saturated rings. The zero-order chi connectivity index (χ0) is 5.70.